The Hall–Kier alpha value is -2.37. The molecular formula is C22H30N2O4. The zero-order chi connectivity index (χ0) is 20.9. The van der Waals surface area contributed by atoms with Crippen molar-refractivity contribution in [1.29, 1.82) is 0 Å². The van der Waals surface area contributed by atoms with Gasteiger partial charge in [0.25, 0.3) is 0 Å². The van der Waals surface area contributed by atoms with Crippen molar-refractivity contribution in [3.63, 3.8) is 0 Å². The van der Waals surface area contributed by atoms with Crippen molar-refractivity contribution in [2.45, 2.75) is 72.8 Å². The predicted octanol–water partition coefficient (Wildman–Crippen LogP) is 4.39. The maximum Gasteiger partial charge on any atom is 0.163 e. The summed E-state index contributed by atoms with van der Waals surface area (Å²) in [6, 6.07) is 0. The fraction of sp³-hybridized carbons (Fsp3) is 0.591. The van der Waals surface area contributed by atoms with E-state index in [0.717, 1.165) is 0 Å². The van der Waals surface area contributed by atoms with Crippen molar-refractivity contribution in [3.05, 3.63) is 40.6 Å². The van der Waals surface area contributed by atoms with E-state index in [1.807, 2.05) is 34.6 Å². The van der Waals surface area contributed by atoms with Crippen molar-refractivity contribution in [2.75, 3.05) is 0 Å². The molecule has 2 N–H and O–H groups in total. The van der Waals surface area contributed by atoms with Gasteiger partial charge in [-0.25, -0.2) is 0 Å². The summed E-state index contributed by atoms with van der Waals surface area (Å²) in [5, 5.41) is 25.9. The van der Waals surface area contributed by atoms with E-state index in [4.69, 9.17) is 0 Å². The van der Waals surface area contributed by atoms with Crippen molar-refractivity contribution in [3.8, 4) is 0 Å². The number of rotatable bonds is 4. The van der Waals surface area contributed by atoms with Crippen LogP contribution in [0.25, 0.3) is 0 Å². The summed E-state index contributed by atoms with van der Waals surface area (Å²) in [4.78, 5) is 26.1. The van der Waals surface area contributed by atoms with Crippen LogP contribution < -0.4 is 0 Å². The number of Topliss-reactive ketones (excluding diaryl/α,β-unsaturated/α-hetero) is 2. The van der Waals surface area contributed by atoms with E-state index in [2.05, 4.69) is 5.10 Å². The summed E-state index contributed by atoms with van der Waals surface area (Å²) >= 11 is 0. The van der Waals surface area contributed by atoms with Crippen LogP contribution >= 0.6 is 0 Å². The molecule has 3 rings (SSSR count). The summed E-state index contributed by atoms with van der Waals surface area (Å²) in [5.74, 6) is -1.13. The summed E-state index contributed by atoms with van der Waals surface area (Å²) < 4.78 is 1.71. The molecule has 0 saturated heterocycles. The smallest absolute Gasteiger partial charge is 0.163 e. The van der Waals surface area contributed by atoms with E-state index < -0.39 is 5.92 Å². The lowest BCUT2D eigenvalue weighted by Gasteiger charge is -2.36. The third-order valence-corrected chi connectivity index (χ3v) is 5.68. The molecule has 1 aromatic rings. The van der Waals surface area contributed by atoms with E-state index in [1.165, 1.54) is 0 Å². The van der Waals surface area contributed by atoms with Crippen LogP contribution in [-0.2, 0) is 16.1 Å². The standard InChI is InChI=1S/C22H30N2O4/c1-6-24-12-13(11-23-24)18(19-14(25)7-21(2,3)8-15(19)26)20-16(27)9-22(4,5)10-17(20)28/h11-12,18,25,27H,6-10H2,1-5H3. The van der Waals surface area contributed by atoms with Crippen molar-refractivity contribution in [1.82, 2.24) is 9.78 Å². The number of aliphatic hydroxyl groups is 2. The predicted molar refractivity (Wildman–Crippen MR) is 106 cm³/mol. The highest BCUT2D eigenvalue weighted by atomic mass is 16.3. The molecule has 0 aromatic carbocycles. The van der Waals surface area contributed by atoms with Crippen molar-refractivity contribution in [2.24, 2.45) is 10.8 Å². The Morgan fingerprint density at radius 2 is 1.43 bits per heavy atom. The molecule has 0 unspecified atom stereocenters. The molecule has 28 heavy (non-hydrogen) atoms. The summed E-state index contributed by atoms with van der Waals surface area (Å²) in [7, 11) is 0. The summed E-state index contributed by atoms with van der Waals surface area (Å²) in [6.45, 7) is 10.3. The first kappa shape index (κ1) is 20.4. The highest BCUT2D eigenvalue weighted by molar-refractivity contribution is 6.05. The second kappa shape index (κ2) is 6.90. The first-order chi connectivity index (χ1) is 12.9. The molecule has 2 aliphatic rings. The Kier molecular flexibility index (Phi) is 5.02. The van der Waals surface area contributed by atoms with E-state index in [1.54, 1.807) is 17.1 Å². The van der Waals surface area contributed by atoms with Gasteiger partial charge < -0.3 is 10.2 Å². The molecule has 0 fully saturated rings. The third kappa shape index (κ3) is 3.77. The largest absolute Gasteiger partial charge is 0.512 e. The lowest BCUT2D eigenvalue weighted by atomic mass is 9.67. The van der Waals surface area contributed by atoms with E-state index in [-0.39, 0.29) is 45.1 Å². The molecule has 1 aromatic heterocycles. The average Bonchev–Trinajstić information content (AvgIpc) is 2.98. The molecule has 0 saturated carbocycles. The van der Waals surface area contributed by atoms with Gasteiger partial charge in [0.05, 0.1) is 12.1 Å². The lowest BCUT2D eigenvalue weighted by Crippen LogP contribution is -2.33. The number of aryl methyl sites for hydroxylation is 1. The number of hydrogen-bond donors (Lipinski definition) is 2. The second-order valence-corrected chi connectivity index (χ2v) is 9.66. The Morgan fingerprint density at radius 3 is 1.79 bits per heavy atom. The average molecular weight is 386 g/mol. The van der Waals surface area contributed by atoms with Crippen LogP contribution in [0.1, 0.15) is 71.8 Å². The van der Waals surface area contributed by atoms with Gasteiger partial charge in [-0.05, 0) is 17.8 Å². The minimum absolute atomic E-state index is 0.00781. The van der Waals surface area contributed by atoms with Gasteiger partial charge in [0.15, 0.2) is 11.6 Å². The van der Waals surface area contributed by atoms with Crippen LogP contribution in [0.4, 0.5) is 0 Å². The molecule has 6 heteroatoms. The molecule has 0 atom stereocenters. The van der Waals surface area contributed by atoms with Gasteiger partial charge in [-0.15, -0.1) is 0 Å². The minimum Gasteiger partial charge on any atom is -0.512 e. The molecule has 0 radical (unpaired) electrons. The Balaban J connectivity index is 2.20. The first-order valence-corrected chi connectivity index (χ1v) is 9.87. The zero-order valence-electron chi connectivity index (χ0n) is 17.4. The van der Waals surface area contributed by atoms with Crippen LogP contribution in [0.2, 0.25) is 0 Å². The van der Waals surface area contributed by atoms with Gasteiger partial charge in [-0.2, -0.15) is 5.10 Å². The van der Waals surface area contributed by atoms with Gasteiger partial charge in [-0.3, -0.25) is 14.3 Å². The number of ketones is 2. The Labute approximate surface area is 165 Å². The fourth-order valence-electron chi connectivity index (χ4n) is 4.44. The van der Waals surface area contributed by atoms with Crippen molar-refractivity contribution >= 4 is 11.6 Å². The normalized spacial score (nSPS) is 22.4. The number of carbonyl (C=O) groups is 2. The third-order valence-electron chi connectivity index (χ3n) is 5.68. The maximum atomic E-state index is 13.0. The number of hydrogen-bond acceptors (Lipinski definition) is 5. The van der Waals surface area contributed by atoms with Crippen LogP contribution in [0.15, 0.2) is 35.1 Å². The van der Waals surface area contributed by atoms with E-state index >= 15 is 0 Å². The summed E-state index contributed by atoms with van der Waals surface area (Å²) in [6.07, 6.45) is 4.71. The Morgan fingerprint density at radius 1 is 0.964 bits per heavy atom. The fourth-order valence-corrected chi connectivity index (χ4v) is 4.44. The van der Waals surface area contributed by atoms with Crippen LogP contribution in [0.5, 0.6) is 0 Å². The van der Waals surface area contributed by atoms with Crippen molar-refractivity contribution < 1.29 is 19.8 Å². The highest BCUT2D eigenvalue weighted by Crippen LogP contribution is 2.47. The van der Waals surface area contributed by atoms with Gasteiger partial charge in [0, 0.05) is 55.1 Å². The molecule has 6 nitrogen and oxygen atoms in total. The SMILES string of the molecule is CCn1cc(C(C2=C(O)CC(C)(C)CC2=O)C2=C(O)CC(C)(C)CC2=O)cn1. The lowest BCUT2D eigenvalue weighted by molar-refractivity contribution is -0.119. The molecule has 0 aliphatic heterocycles. The number of aromatic nitrogens is 2. The molecule has 0 bridgehead atoms. The minimum atomic E-state index is -0.785. The van der Waals surface area contributed by atoms with Crippen LogP contribution in [-0.4, -0.2) is 31.6 Å². The van der Waals surface area contributed by atoms with Gasteiger partial charge in [0.2, 0.25) is 0 Å². The van der Waals surface area contributed by atoms with Gasteiger partial charge in [-0.1, -0.05) is 27.7 Å². The monoisotopic (exact) mass is 386 g/mol. The topological polar surface area (TPSA) is 92.4 Å². The molecule has 1 heterocycles. The molecule has 0 spiro atoms. The van der Waals surface area contributed by atoms with Crippen LogP contribution in [0, 0.1) is 10.8 Å². The molecule has 2 aliphatic carbocycles. The van der Waals surface area contributed by atoms with Gasteiger partial charge in [0.1, 0.15) is 11.5 Å². The van der Waals surface area contributed by atoms with Crippen LogP contribution in [0.3, 0.4) is 0 Å². The van der Waals surface area contributed by atoms with Gasteiger partial charge >= 0.3 is 0 Å². The molecule has 0 amide bonds. The number of carbonyl (C=O) groups excluding carboxylic acids is 2. The number of nitrogens with zero attached hydrogens (tertiary/aromatic N) is 2. The highest BCUT2D eigenvalue weighted by Gasteiger charge is 2.43. The molecule has 152 valence electrons. The summed E-state index contributed by atoms with van der Waals surface area (Å²) in [5.41, 5.74) is 0.426. The maximum absolute atomic E-state index is 13.0. The Bertz CT molecular complexity index is 834. The zero-order valence-corrected chi connectivity index (χ0v) is 17.4. The first-order valence-electron chi connectivity index (χ1n) is 9.87. The second-order valence-electron chi connectivity index (χ2n) is 9.66. The molecular weight excluding hydrogens is 356 g/mol. The van der Waals surface area contributed by atoms with E-state index in [0.29, 0.717) is 37.8 Å². The quantitative estimate of drug-likeness (QED) is 0.801. The number of allylic oxidation sites excluding steroid dienone is 4. The van der Waals surface area contributed by atoms with E-state index in [9.17, 15) is 19.8 Å². The number of aliphatic hydroxyl groups excluding tert-OH is 2.